The molecule has 1 aromatic carbocycles. The van der Waals surface area contributed by atoms with Gasteiger partial charge in [-0.25, -0.2) is 0 Å². The molecule has 4 aliphatic rings. The van der Waals surface area contributed by atoms with Gasteiger partial charge in [-0.3, -0.25) is 0 Å². The van der Waals surface area contributed by atoms with E-state index in [1.54, 1.807) is 0 Å². The maximum Gasteiger partial charge on any atom is 0.0978 e. The molecule has 0 amide bonds. The standard InChI is InChI=1S/C28H43NO3/c1-25-13-11-22(32-18-17-29-3)19-21(25)9-10-24-23(25)12-14-26(2)27(30,15-16-28(24,26)31)20-7-5-4-6-8-20/h4-8,21-24,29-31H,9-19H2,1-3H3/t21?,22?,23-,24-,25+,26-,27?,28-/m1/s1. The van der Waals surface area contributed by atoms with Crippen molar-refractivity contribution >= 4 is 0 Å². The molecule has 8 atom stereocenters. The summed E-state index contributed by atoms with van der Waals surface area (Å²) in [6.45, 7) is 6.42. The second-order valence-corrected chi connectivity index (χ2v) is 11.9. The SMILES string of the molecule is CNCCOC1CC[C@@]2(C)C(CC[C@@H]3[C@H]2CC[C@]2(C)C(O)(c4ccccc4)CC[C@@]32O)C1. The highest BCUT2D eigenvalue weighted by Gasteiger charge is 2.71. The van der Waals surface area contributed by atoms with Gasteiger partial charge in [0.2, 0.25) is 0 Å². The van der Waals surface area contributed by atoms with Gasteiger partial charge in [0.25, 0.3) is 0 Å². The molecular formula is C28H43NO3. The van der Waals surface area contributed by atoms with E-state index in [0.717, 1.165) is 44.4 Å². The van der Waals surface area contributed by atoms with Crippen LogP contribution in [0.3, 0.4) is 0 Å². The molecule has 0 spiro atoms. The maximum absolute atomic E-state index is 12.4. The van der Waals surface area contributed by atoms with Crippen LogP contribution in [-0.2, 0) is 10.3 Å². The normalized spacial score (nSPS) is 48.0. The van der Waals surface area contributed by atoms with E-state index in [4.69, 9.17) is 4.74 Å². The van der Waals surface area contributed by atoms with Crippen molar-refractivity contribution in [3.05, 3.63) is 35.9 Å². The molecule has 3 N–H and O–H groups in total. The largest absolute Gasteiger partial charge is 0.389 e. The van der Waals surface area contributed by atoms with Crippen LogP contribution in [0.4, 0.5) is 0 Å². The van der Waals surface area contributed by atoms with Crippen molar-refractivity contribution in [2.45, 2.75) is 88.9 Å². The van der Waals surface area contributed by atoms with Crippen molar-refractivity contribution in [3.8, 4) is 0 Å². The van der Waals surface area contributed by atoms with Crippen LogP contribution in [0.5, 0.6) is 0 Å². The van der Waals surface area contributed by atoms with Crippen LogP contribution in [0.2, 0.25) is 0 Å². The highest BCUT2D eigenvalue weighted by atomic mass is 16.5. The third-order valence-electron chi connectivity index (χ3n) is 10.9. The van der Waals surface area contributed by atoms with Gasteiger partial charge < -0.3 is 20.3 Å². The van der Waals surface area contributed by atoms with Crippen LogP contribution in [0, 0.1) is 28.6 Å². The van der Waals surface area contributed by atoms with Crippen molar-refractivity contribution in [1.29, 1.82) is 0 Å². The first kappa shape index (κ1) is 22.8. The number of hydrogen-bond donors (Lipinski definition) is 3. The number of hydrogen-bond acceptors (Lipinski definition) is 4. The Morgan fingerprint density at radius 2 is 1.72 bits per heavy atom. The van der Waals surface area contributed by atoms with E-state index in [1.807, 2.05) is 25.2 Å². The Balaban J connectivity index is 1.39. The predicted molar refractivity (Wildman–Crippen MR) is 127 cm³/mol. The third-order valence-corrected chi connectivity index (χ3v) is 10.9. The first-order valence-electron chi connectivity index (χ1n) is 13.0. The molecule has 3 unspecified atom stereocenters. The number of aliphatic hydroxyl groups is 2. The molecule has 4 saturated carbocycles. The minimum Gasteiger partial charge on any atom is -0.389 e. The van der Waals surface area contributed by atoms with Crippen molar-refractivity contribution < 1.29 is 14.9 Å². The molecule has 4 fully saturated rings. The van der Waals surface area contributed by atoms with Gasteiger partial charge >= 0.3 is 0 Å². The summed E-state index contributed by atoms with van der Waals surface area (Å²) in [4.78, 5) is 0. The van der Waals surface area contributed by atoms with Crippen molar-refractivity contribution in [2.75, 3.05) is 20.2 Å². The van der Waals surface area contributed by atoms with Crippen LogP contribution >= 0.6 is 0 Å². The molecule has 1 aromatic rings. The average Bonchev–Trinajstić information content (AvgIpc) is 3.02. The molecule has 5 rings (SSSR count). The van der Waals surface area contributed by atoms with Gasteiger partial charge in [-0.15, -0.1) is 0 Å². The van der Waals surface area contributed by atoms with Crippen molar-refractivity contribution in [1.82, 2.24) is 5.32 Å². The number of likely N-dealkylation sites (N-methyl/N-ethyl adjacent to an activating group) is 1. The summed E-state index contributed by atoms with van der Waals surface area (Å²) >= 11 is 0. The molecule has 0 bridgehead atoms. The fraction of sp³-hybridized carbons (Fsp3) is 0.786. The lowest BCUT2D eigenvalue weighted by atomic mass is 9.43. The van der Waals surface area contributed by atoms with Gasteiger partial charge in [0, 0.05) is 12.0 Å². The summed E-state index contributed by atoms with van der Waals surface area (Å²) in [5.74, 6) is 1.54. The van der Waals surface area contributed by atoms with Crippen molar-refractivity contribution in [2.24, 2.45) is 28.6 Å². The van der Waals surface area contributed by atoms with Crippen LogP contribution in [0.25, 0.3) is 0 Å². The highest BCUT2D eigenvalue weighted by Crippen LogP contribution is 2.71. The molecule has 0 aromatic heterocycles. The van der Waals surface area contributed by atoms with Gasteiger partial charge in [0.15, 0.2) is 0 Å². The smallest absolute Gasteiger partial charge is 0.0978 e. The van der Waals surface area contributed by atoms with Gasteiger partial charge in [0.1, 0.15) is 0 Å². The zero-order chi connectivity index (χ0) is 22.6. The quantitative estimate of drug-likeness (QED) is 0.583. The molecule has 4 aliphatic carbocycles. The topological polar surface area (TPSA) is 61.7 Å². The lowest BCUT2D eigenvalue weighted by molar-refractivity contribution is -0.239. The monoisotopic (exact) mass is 441 g/mol. The second kappa shape index (κ2) is 8.08. The van der Waals surface area contributed by atoms with Crippen LogP contribution < -0.4 is 5.32 Å². The summed E-state index contributed by atoms with van der Waals surface area (Å²) in [5.41, 5.74) is -0.940. The minimum atomic E-state index is -0.940. The second-order valence-electron chi connectivity index (χ2n) is 11.9. The molecule has 0 aliphatic heterocycles. The van der Waals surface area contributed by atoms with E-state index >= 15 is 0 Å². The van der Waals surface area contributed by atoms with Gasteiger partial charge in [-0.1, -0.05) is 44.2 Å². The molecule has 4 heteroatoms. The van der Waals surface area contributed by atoms with Crippen LogP contribution in [0.15, 0.2) is 30.3 Å². The van der Waals surface area contributed by atoms with E-state index in [0.29, 0.717) is 36.7 Å². The lowest BCUT2D eigenvalue weighted by Crippen LogP contribution is -2.64. The molecule has 0 radical (unpaired) electrons. The first-order chi connectivity index (χ1) is 15.3. The van der Waals surface area contributed by atoms with Crippen LogP contribution in [-0.4, -0.2) is 42.1 Å². The zero-order valence-corrected chi connectivity index (χ0v) is 20.3. The van der Waals surface area contributed by atoms with E-state index in [2.05, 4.69) is 31.3 Å². The highest BCUT2D eigenvalue weighted by molar-refractivity contribution is 5.32. The lowest BCUT2D eigenvalue weighted by Gasteiger charge is -2.64. The number of nitrogens with one attached hydrogen (secondary N) is 1. The summed E-state index contributed by atoms with van der Waals surface area (Å²) in [5, 5.41) is 27.6. The zero-order valence-electron chi connectivity index (χ0n) is 20.3. The Morgan fingerprint density at radius 1 is 0.938 bits per heavy atom. The third kappa shape index (κ3) is 3.09. The van der Waals surface area contributed by atoms with E-state index in [1.165, 1.54) is 19.3 Å². The fourth-order valence-electron chi connectivity index (χ4n) is 8.86. The Bertz CT molecular complexity index is 816. The number of rotatable bonds is 5. The predicted octanol–water partition coefficient (Wildman–Crippen LogP) is 4.64. The Hall–Kier alpha value is -0.940. The molecular weight excluding hydrogens is 398 g/mol. The van der Waals surface area contributed by atoms with E-state index in [9.17, 15) is 10.2 Å². The molecule has 32 heavy (non-hydrogen) atoms. The Labute approximate surface area is 194 Å². The minimum absolute atomic E-state index is 0.288. The number of ether oxygens (including phenoxy) is 1. The first-order valence-corrected chi connectivity index (χ1v) is 13.0. The molecule has 0 heterocycles. The van der Waals surface area contributed by atoms with E-state index < -0.39 is 16.6 Å². The van der Waals surface area contributed by atoms with Gasteiger partial charge in [0.05, 0.1) is 23.9 Å². The fourth-order valence-corrected chi connectivity index (χ4v) is 8.86. The summed E-state index contributed by atoms with van der Waals surface area (Å²) in [7, 11) is 1.98. The summed E-state index contributed by atoms with van der Waals surface area (Å²) in [6, 6.07) is 10.1. The van der Waals surface area contributed by atoms with Crippen LogP contribution in [0.1, 0.15) is 77.2 Å². The molecule has 178 valence electrons. The Kier molecular flexibility index (Phi) is 5.76. The summed E-state index contributed by atoms with van der Waals surface area (Å²) < 4.78 is 6.19. The Morgan fingerprint density at radius 3 is 2.47 bits per heavy atom. The van der Waals surface area contributed by atoms with Crippen molar-refractivity contribution in [3.63, 3.8) is 0 Å². The maximum atomic E-state index is 12.4. The number of benzene rings is 1. The average molecular weight is 442 g/mol. The number of fused-ring (bicyclic) bond motifs is 5. The molecule has 4 nitrogen and oxygen atoms in total. The van der Waals surface area contributed by atoms with Gasteiger partial charge in [-0.2, -0.15) is 0 Å². The molecule has 0 saturated heterocycles. The van der Waals surface area contributed by atoms with E-state index in [-0.39, 0.29) is 5.41 Å². The van der Waals surface area contributed by atoms with Gasteiger partial charge in [-0.05, 0) is 93.6 Å². The summed E-state index contributed by atoms with van der Waals surface area (Å²) in [6.07, 6.45) is 9.59.